The number of benzene rings is 3. The predicted octanol–water partition coefficient (Wildman–Crippen LogP) is 7.65. The second-order valence-electron chi connectivity index (χ2n) is 10.2. The fraction of sp³-hybridized carbons (Fsp3) is 0.250. The van der Waals surface area contributed by atoms with Crippen molar-refractivity contribution < 1.29 is 24.2 Å². The fourth-order valence-electron chi connectivity index (χ4n) is 4.56. The number of anilines is 1. The van der Waals surface area contributed by atoms with Crippen molar-refractivity contribution in [2.75, 3.05) is 18.6 Å². The minimum Gasteiger partial charge on any atom is -0.507 e. The maximum Gasteiger partial charge on any atom is 0.301 e. The number of aliphatic hydroxyl groups excluding tert-OH is 1. The minimum atomic E-state index is -0.970. The quantitative estimate of drug-likeness (QED) is 0.0567. The van der Waals surface area contributed by atoms with Crippen molar-refractivity contribution >= 4 is 61.6 Å². The topological polar surface area (TPSA) is 102 Å². The van der Waals surface area contributed by atoms with E-state index in [4.69, 9.17) is 9.47 Å². The number of amides is 1. The molecule has 4 aromatic rings. The molecule has 1 aromatic heterocycles. The molecule has 0 spiro atoms. The Morgan fingerprint density at radius 3 is 2.49 bits per heavy atom. The number of ether oxygens (including phenoxy) is 2. The van der Waals surface area contributed by atoms with Crippen LogP contribution in [-0.4, -0.2) is 40.7 Å². The number of carbonyl (C=O) groups is 2. The first-order valence-electron chi connectivity index (χ1n) is 13.6. The van der Waals surface area contributed by atoms with Crippen LogP contribution in [0.15, 0.2) is 87.2 Å². The molecule has 5 rings (SSSR count). The third-order valence-corrected chi connectivity index (χ3v) is 9.48. The van der Waals surface area contributed by atoms with E-state index in [-0.39, 0.29) is 16.5 Å². The van der Waals surface area contributed by atoms with E-state index in [9.17, 15) is 14.7 Å². The molecule has 43 heavy (non-hydrogen) atoms. The molecular weight excluding hydrogens is 650 g/mol. The van der Waals surface area contributed by atoms with Crippen LogP contribution in [0.4, 0.5) is 5.13 Å². The van der Waals surface area contributed by atoms with Crippen molar-refractivity contribution in [2.45, 2.75) is 36.4 Å². The summed E-state index contributed by atoms with van der Waals surface area (Å²) in [6.45, 7) is 4.76. The first-order valence-corrected chi connectivity index (χ1v) is 16.2. The molecule has 3 aromatic carbocycles. The van der Waals surface area contributed by atoms with E-state index in [0.29, 0.717) is 45.2 Å². The number of hydrogen-bond acceptors (Lipinski definition) is 9. The SMILES string of the molecule is COc1cc(C2/C(=C(/O)c3ccc(Br)cc3)C(=O)C(=O)N2c2nnc(SCc3ccccc3)s2)ccc1OCCC(C)C. The van der Waals surface area contributed by atoms with Gasteiger partial charge in [0.1, 0.15) is 5.76 Å². The number of nitrogens with zero attached hydrogens (tertiary/aromatic N) is 3. The monoisotopic (exact) mass is 679 g/mol. The smallest absolute Gasteiger partial charge is 0.301 e. The molecule has 1 saturated heterocycles. The summed E-state index contributed by atoms with van der Waals surface area (Å²) in [5.74, 6) is 0.269. The molecule has 11 heteroatoms. The molecule has 1 aliphatic heterocycles. The molecule has 1 atom stereocenters. The molecule has 2 heterocycles. The highest BCUT2D eigenvalue weighted by molar-refractivity contribution is 9.10. The Bertz CT molecular complexity index is 1640. The number of aliphatic hydroxyl groups is 1. The standard InChI is InChI=1S/C32H30BrN3O5S2/c1-19(2)15-16-41-24-14-11-22(17-25(24)40-3)27-26(28(37)21-9-12-23(33)13-10-21)29(38)30(39)36(27)31-34-35-32(43-31)42-18-20-7-5-4-6-8-20/h4-14,17,19,27,37H,15-16,18H2,1-3H3/b28-26-. The lowest BCUT2D eigenvalue weighted by Gasteiger charge is -2.23. The van der Waals surface area contributed by atoms with Crippen molar-refractivity contribution in [3.63, 3.8) is 0 Å². The zero-order valence-corrected chi connectivity index (χ0v) is 27.0. The van der Waals surface area contributed by atoms with Gasteiger partial charge in [-0.05, 0) is 47.7 Å². The number of halogens is 1. The summed E-state index contributed by atoms with van der Waals surface area (Å²) in [6, 6.07) is 21.1. The van der Waals surface area contributed by atoms with Crippen LogP contribution in [-0.2, 0) is 15.3 Å². The third kappa shape index (κ3) is 6.95. The predicted molar refractivity (Wildman–Crippen MR) is 173 cm³/mol. The zero-order valence-electron chi connectivity index (χ0n) is 23.8. The van der Waals surface area contributed by atoms with Gasteiger partial charge in [-0.15, -0.1) is 10.2 Å². The van der Waals surface area contributed by atoms with Crippen LogP contribution in [0, 0.1) is 5.92 Å². The number of rotatable bonds is 11. The van der Waals surface area contributed by atoms with Crippen LogP contribution in [0.25, 0.3) is 5.76 Å². The van der Waals surface area contributed by atoms with Crippen molar-refractivity contribution in [1.29, 1.82) is 0 Å². The summed E-state index contributed by atoms with van der Waals surface area (Å²) >= 11 is 6.11. The van der Waals surface area contributed by atoms with Gasteiger partial charge in [-0.1, -0.05) is 101 Å². The Hall–Kier alpha value is -3.67. The molecule has 1 amide bonds. The highest BCUT2D eigenvalue weighted by Crippen LogP contribution is 2.45. The van der Waals surface area contributed by atoms with Gasteiger partial charge in [-0.2, -0.15) is 0 Å². The van der Waals surface area contributed by atoms with Crippen molar-refractivity contribution in [1.82, 2.24) is 10.2 Å². The number of hydrogen-bond donors (Lipinski definition) is 1. The zero-order chi connectivity index (χ0) is 30.5. The van der Waals surface area contributed by atoms with Gasteiger partial charge >= 0.3 is 5.91 Å². The van der Waals surface area contributed by atoms with Gasteiger partial charge in [-0.3, -0.25) is 14.5 Å². The van der Waals surface area contributed by atoms with E-state index >= 15 is 0 Å². The summed E-state index contributed by atoms with van der Waals surface area (Å²) in [7, 11) is 1.54. The molecule has 0 saturated carbocycles. The Balaban J connectivity index is 1.55. The van der Waals surface area contributed by atoms with Gasteiger partial charge < -0.3 is 14.6 Å². The number of aromatic nitrogens is 2. The Morgan fingerprint density at radius 2 is 1.79 bits per heavy atom. The second kappa shape index (κ2) is 13.7. The molecule has 0 radical (unpaired) electrons. The molecule has 1 N–H and O–H groups in total. The second-order valence-corrected chi connectivity index (χ2v) is 13.3. The fourth-order valence-corrected chi connectivity index (χ4v) is 6.65. The van der Waals surface area contributed by atoms with E-state index in [1.165, 1.54) is 35.1 Å². The van der Waals surface area contributed by atoms with E-state index < -0.39 is 17.7 Å². The number of methoxy groups -OCH3 is 1. The van der Waals surface area contributed by atoms with Crippen molar-refractivity contribution in [3.8, 4) is 11.5 Å². The van der Waals surface area contributed by atoms with Gasteiger partial charge in [0, 0.05) is 15.8 Å². The molecule has 222 valence electrons. The first-order chi connectivity index (χ1) is 20.8. The Kier molecular flexibility index (Phi) is 9.84. The van der Waals surface area contributed by atoms with Crippen LogP contribution in [0.3, 0.4) is 0 Å². The molecule has 0 aliphatic carbocycles. The van der Waals surface area contributed by atoms with Crippen LogP contribution >= 0.6 is 39.0 Å². The molecule has 1 unspecified atom stereocenters. The third-order valence-electron chi connectivity index (χ3n) is 6.83. The molecular formula is C32H30BrN3O5S2. The summed E-state index contributed by atoms with van der Waals surface area (Å²) in [6.07, 6.45) is 0.875. The molecule has 1 fully saturated rings. The van der Waals surface area contributed by atoms with Crippen LogP contribution < -0.4 is 14.4 Å². The summed E-state index contributed by atoms with van der Waals surface area (Å²) < 4.78 is 13.1. The number of carbonyl (C=O) groups excluding carboxylic acids is 2. The Labute approximate surface area is 266 Å². The van der Waals surface area contributed by atoms with Crippen LogP contribution in [0.2, 0.25) is 0 Å². The van der Waals surface area contributed by atoms with Crippen LogP contribution in [0.1, 0.15) is 43.0 Å². The lowest BCUT2D eigenvalue weighted by Crippen LogP contribution is -2.29. The lowest BCUT2D eigenvalue weighted by atomic mass is 9.95. The number of ketones is 1. The molecule has 0 bridgehead atoms. The van der Waals surface area contributed by atoms with Crippen molar-refractivity contribution in [2.24, 2.45) is 5.92 Å². The minimum absolute atomic E-state index is 0.0449. The summed E-state index contributed by atoms with van der Waals surface area (Å²) in [5, 5.41) is 20.3. The summed E-state index contributed by atoms with van der Waals surface area (Å²) in [4.78, 5) is 28.5. The van der Waals surface area contributed by atoms with Gasteiger partial charge in [-0.25, -0.2) is 0 Å². The highest BCUT2D eigenvalue weighted by Gasteiger charge is 2.48. The van der Waals surface area contributed by atoms with Gasteiger partial charge in [0.25, 0.3) is 5.78 Å². The average molecular weight is 681 g/mol. The average Bonchev–Trinajstić information content (AvgIpc) is 3.58. The summed E-state index contributed by atoms with van der Waals surface area (Å²) in [5.41, 5.74) is 2.04. The molecule has 1 aliphatic rings. The largest absolute Gasteiger partial charge is 0.507 e. The highest BCUT2D eigenvalue weighted by atomic mass is 79.9. The van der Waals surface area contributed by atoms with Gasteiger partial charge in [0.05, 0.1) is 25.3 Å². The maximum absolute atomic E-state index is 13.6. The maximum atomic E-state index is 13.6. The number of Topliss-reactive ketones (excluding diaryl/α,β-unsaturated/α-hetero) is 1. The first kappa shape index (κ1) is 30.8. The number of thioether (sulfide) groups is 1. The van der Waals surface area contributed by atoms with Gasteiger partial charge in [0.15, 0.2) is 15.8 Å². The normalized spacial score (nSPS) is 16.2. The Morgan fingerprint density at radius 1 is 1.05 bits per heavy atom. The molecule has 8 nitrogen and oxygen atoms in total. The van der Waals surface area contributed by atoms with Gasteiger partial charge in [0.2, 0.25) is 5.13 Å². The van der Waals surface area contributed by atoms with E-state index in [1.54, 1.807) is 42.5 Å². The van der Waals surface area contributed by atoms with Crippen molar-refractivity contribution in [3.05, 3.63) is 99.5 Å². The van der Waals surface area contributed by atoms with Crippen LogP contribution in [0.5, 0.6) is 11.5 Å². The van der Waals surface area contributed by atoms with E-state index in [2.05, 4.69) is 40.0 Å². The van der Waals surface area contributed by atoms with E-state index in [0.717, 1.165) is 16.5 Å². The van der Waals surface area contributed by atoms with E-state index in [1.807, 2.05) is 30.3 Å². The lowest BCUT2D eigenvalue weighted by molar-refractivity contribution is -0.132.